The molecule has 788 valence electrons. The van der Waals surface area contributed by atoms with Crippen molar-refractivity contribution in [2.45, 2.75) is 244 Å². The van der Waals surface area contributed by atoms with E-state index in [4.69, 9.17) is 60.9 Å². The molecule has 4 aromatic carbocycles. The lowest BCUT2D eigenvalue weighted by atomic mass is 9.79. The van der Waals surface area contributed by atoms with E-state index in [0.717, 1.165) is 240 Å². The summed E-state index contributed by atoms with van der Waals surface area (Å²) in [5.41, 5.74) is 1.59. The zero-order valence-electron chi connectivity index (χ0n) is 84.1. The van der Waals surface area contributed by atoms with Gasteiger partial charge in [-0.25, -0.2) is 107 Å². The molecule has 4 amide bonds. The van der Waals surface area contributed by atoms with E-state index in [-0.39, 0.29) is 82.3 Å². The maximum absolute atomic E-state index is 14.4. The molecule has 5 aliphatic carbocycles. The van der Waals surface area contributed by atoms with Crippen LogP contribution in [0.15, 0.2) is 162 Å². The number of nitrogens with two attached hydrogens (primary N) is 4. The van der Waals surface area contributed by atoms with Gasteiger partial charge < -0.3 is 40.9 Å². The van der Waals surface area contributed by atoms with Gasteiger partial charge in [-0.2, -0.15) is 40.3 Å². The Labute approximate surface area is 856 Å². The number of nitrogens with zero attached hydrogens (tertiary/aromatic N) is 24. The van der Waals surface area contributed by atoms with Crippen molar-refractivity contribution < 1.29 is 70.4 Å². The molecule has 44 nitrogen and oxygen atoms in total. The maximum Gasteiger partial charge on any atom is 0.240 e. The van der Waals surface area contributed by atoms with E-state index >= 15 is 0 Å². The summed E-state index contributed by atoms with van der Waals surface area (Å²) in [6, 6.07) is 22.4. The summed E-state index contributed by atoms with van der Waals surface area (Å²) < 4.78 is 159. The van der Waals surface area contributed by atoms with Crippen LogP contribution in [0.25, 0.3) is 44.1 Å². The Bertz CT molecular complexity index is 7820. The maximum atomic E-state index is 14.4. The first-order chi connectivity index (χ1) is 70.6. The summed E-state index contributed by atoms with van der Waals surface area (Å²) in [6.07, 6.45) is 27.6. The molecule has 12 N–H and O–H groups in total. The molecule has 52 heteroatoms. The van der Waals surface area contributed by atoms with Crippen molar-refractivity contribution in [2.75, 3.05) is 83.1 Å². The van der Waals surface area contributed by atoms with E-state index in [1.807, 2.05) is 67.1 Å². The third kappa shape index (κ3) is 19.7. The minimum atomic E-state index is -4.18. The first-order valence-corrected chi connectivity index (χ1v) is 55.1. The lowest BCUT2D eigenvalue weighted by Gasteiger charge is -2.47. The average molecular weight is 2130 g/mol. The highest BCUT2D eigenvalue weighted by Crippen LogP contribution is 2.53. The summed E-state index contributed by atoms with van der Waals surface area (Å²) in [5, 5.41) is 62.7. The van der Waals surface area contributed by atoms with E-state index in [1.54, 1.807) is 84.5 Å². The minimum Gasteiger partial charge on any atom is -0.324 e. The van der Waals surface area contributed by atoms with Crippen LogP contribution in [-0.2, 0) is 81.4 Å². The molecule has 12 heterocycles. The van der Waals surface area contributed by atoms with E-state index in [0.29, 0.717) is 46.6 Å². The van der Waals surface area contributed by atoms with Gasteiger partial charge in [0.1, 0.15) is 111 Å². The molecule has 5 fully saturated rings. The highest BCUT2D eigenvalue weighted by Gasteiger charge is 2.54. The molecule has 0 unspecified atom stereocenters. The van der Waals surface area contributed by atoms with Crippen LogP contribution in [0.2, 0.25) is 0 Å². The number of halogens is 4. The number of likely N-dealkylation sites (N-methyl/N-ethyl adjacent to an activating group) is 4. The predicted octanol–water partition coefficient (Wildman–Crippen LogP) is 13.2. The van der Waals surface area contributed by atoms with Crippen molar-refractivity contribution in [1.82, 2.24) is 77.7 Å². The molecule has 0 radical (unpaired) electrons. The second-order valence-corrected chi connectivity index (χ2v) is 45.3. The number of anilines is 12. The Morgan fingerprint density at radius 2 is 0.638 bits per heavy atom. The molecule has 9 aliphatic rings. The second-order valence-electron chi connectivity index (χ2n) is 39.1. The Morgan fingerprint density at radius 3 is 0.919 bits per heavy atom. The van der Waals surface area contributed by atoms with Gasteiger partial charge in [0.25, 0.3) is 0 Å². The number of aromatic nitrogens is 12. The number of primary sulfonamides is 4. The predicted molar refractivity (Wildman–Crippen MR) is 557 cm³/mol. The number of hydrogen-bond donors (Lipinski definition) is 8. The number of rotatable bonds is 15. The number of carbonyl (C=O) groups excluding carboxylic acids is 4. The van der Waals surface area contributed by atoms with Gasteiger partial charge in [0, 0.05) is 145 Å². The first kappa shape index (κ1) is 105. The van der Waals surface area contributed by atoms with Gasteiger partial charge in [0.05, 0.1) is 6.04 Å². The molecule has 0 bridgehead atoms. The van der Waals surface area contributed by atoms with Crippen LogP contribution in [-0.4, -0.2) is 212 Å². The molecule has 21 rings (SSSR count). The van der Waals surface area contributed by atoms with Crippen LogP contribution in [0.1, 0.15) is 190 Å². The van der Waals surface area contributed by atoms with Crippen molar-refractivity contribution in [3.63, 3.8) is 0 Å². The number of fused-ring (bicyclic) bond motifs is 16. The first-order valence-electron chi connectivity index (χ1n) is 48.9. The summed E-state index contributed by atoms with van der Waals surface area (Å²) in [6.45, 7) is 12.8. The molecule has 0 saturated heterocycles. The van der Waals surface area contributed by atoms with Crippen LogP contribution in [0.3, 0.4) is 0 Å². The summed E-state index contributed by atoms with van der Waals surface area (Å²) in [4.78, 5) is 90.9. The number of hydrogen-bond acceptors (Lipinski definition) is 32. The summed E-state index contributed by atoms with van der Waals surface area (Å²) >= 11 is 0. The van der Waals surface area contributed by atoms with Crippen molar-refractivity contribution in [2.24, 2.45) is 41.0 Å². The molecular formula is C97H116F4N32O12S4. The molecule has 0 atom stereocenters. The van der Waals surface area contributed by atoms with Crippen molar-refractivity contribution >= 4 is 201 Å². The Kier molecular flexibility index (Phi) is 28.1. The SMILES string of the molecule is CC(=O)N(C)C1=NN(C(C)C)c2cc3cnc(Nc4ccc(S(N)(=O)=O)c(F)c4)nc3n2C12CCCCC2.CC(=O)N(C)C1=NN(C)c2cc3cnc(Nc4ccc(S(N)(=O)=O)c(F)c4)nc3n2C12CCCCC2.CC(=O)N(C)C1=NN(C2CC2)c2cc3cnc(Nc4ccc(S(N)(=O)=O)c(F)c4)nc3n2C12CCCCC2.CCN1N=C(N(C)C(C)=O)C2(CCCCC2)n2c1cc1cnc(Nc3ccc(S(N)(=O)=O)c(F)c3)nc12. The highest BCUT2D eigenvalue weighted by atomic mass is 32.2. The number of amides is 4. The van der Waals surface area contributed by atoms with Gasteiger partial charge in [-0.15, -0.1) is 0 Å². The quantitative estimate of drug-likeness (QED) is 0.0442. The van der Waals surface area contributed by atoms with E-state index in [1.165, 1.54) is 45.0 Å². The highest BCUT2D eigenvalue weighted by molar-refractivity contribution is 7.90. The van der Waals surface area contributed by atoms with Gasteiger partial charge in [-0.05, 0) is 182 Å². The smallest absolute Gasteiger partial charge is 0.240 e. The van der Waals surface area contributed by atoms with Crippen LogP contribution in [0.5, 0.6) is 0 Å². The van der Waals surface area contributed by atoms with Crippen LogP contribution >= 0.6 is 0 Å². The average Bonchev–Trinajstić information content (AvgIpc) is 1.58. The Morgan fingerprint density at radius 1 is 0.376 bits per heavy atom. The third-order valence-corrected chi connectivity index (χ3v) is 32.7. The van der Waals surface area contributed by atoms with E-state index < -0.39 is 105 Å². The van der Waals surface area contributed by atoms with Gasteiger partial charge in [-0.3, -0.25) is 42.5 Å². The number of hydrazone groups is 4. The number of amidine groups is 4. The monoisotopic (exact) mass is 2120 g/mol. The third-order valence-electron chi connectivity index (χ3n) is 28.9. The largest absolute Gasteiger partial charge is 0.324 e. The van der Waals surface area contributed by atoms with Crippen molar-refractivity contribution in [1.29, 1.82) is 0 Å². The zero-order valence-corrected chi connectivity index (χ0v) is 87.3. The summed E-state index contributed by atoms with van der Waals surface area (Å²) in [7, 11) is -7.85. The van der Waals surface area contributed by atoms with Gasteiger partial charge in [-0.1, -0.05) is 77.0 Å². The Balaban J connectivity index is 0.000000130. The van der Waals surface area contributed by atoms with Crippen molar-refractivity contribution in [3.8, 4) is 0 Å². The molecule has 12 aromatic rings. The Hall–Kier alpha value is -14.3. The normalized spacial score (nSPS) is 17.5. The van der Waals surface area contributed by atoms with Gasteiger partial charge >= 0.3 is 0 Å². The van der Waals surface area contributed by atoms with Gasteiger partial charge in [0.15, 0.2) is 23.3 Å². The molecule has 5 saturated carbocycles. The standard InChI is InChI=1S/C25H29FN8O3S.C25H31FN8O3S.C24H29FN8O3S.C23H27FN8O3S/c1-15(35)32(2)23-25(10-4-3-5-11-25)33-21(34(31-23)18-7-8-18)12-16-14-28-24(30-22(16)33)29-17-6-9-20(19(26)13-17)38(27,36)37;1-15(2)34-21-12-17-14-28-24(29-18-8-9-20(19(26)13-18)38(27,36)37)30-22(17)33(21)25(10-6-5-7-11-25)23(31-34)32(4)16(3)35;1-4-32-20-12-16-14-27-23(28-17-8-9-19(18(25)13-17)37(26,35)36)29-21(16)33(20)24(10-6-5-7-11-24)22(30-32)31(3)15(2)34;1-14(33)30(2)21-23(9-5-4-6-10-23)32-19(31(3)29-21)11-15-13-26-22(28-20(15)32)27-16-7-8-18(17(24)12-16)36(25,34)35/h6,9,12-14,18H,3-5,7-8,10-11H2,1-2H3,(H2,27,36,37)(H,28,29,30);8-9,12-15H,5-7,10-11H2,1-4H3,(H2,27,36,37)(H,28,29,30);8-9,12-14H,4-7,10-11H2,1-3H3,(H2,26,35,36)(H,27,28,29);7-8,11-13H,4-6,9-10H2,1-3H3,(H2,25,34,35)(H,26,27,28). The van der Waals surface area contributed by atoms with Crippen LogP contribution in [0.4, 0.5) is 87.4 Å². The van der Waals surface area contributed by atoms with Crippen molar-refractivity contribution in [3.05, 3.63) is 145 Å². The zero-order chi connectivity index (χ0) is 107. The fraction of sp³-hybridized carbons (Fsp3) is 0.423. The number of sulfonamides is 4. The topological polar surface area (TPSA) is 555 Å². The lowest BCUT2D eigenvalue weighted by molar-refractivity contribution is -0.125. The molecule has 8 aromatic heterocycles. The molecular weight excluding hydrogens is 2010 g/mol. The number of nitrogens with one attached hydrogen (secondary N) is 4. The fourth-order valence-corrected chi connectivity index (χ4v) is 23.8. The van der Waals surface area contributed by atoms with E-state index in [2.05, 4.69) is 59.5 Å². The molecule has 4 aliphatic heterocycles. The van der Waals surface area contributed by atoms with Gasteiger partial charge in [0.2, 0.25) is 87.5 Å². The minimum absolute atomic E-state index is 0.0141. The molecule has 149 heavy (non-hydrogen) atoms. The van der Waals surface area contributed by atoms with Crippen LogP contribution < -0.4 is 61.9 Å². The summed E-state index contributed by atoms with van der Waals surface area (Å²) in [5.74, 6) is 2.92. The number of benzene rings is 4. The molecule has 4 spiro atoms. The lowest BCUT2D eigenvalue weighted by Crippen LogP contribution is -2.56. The number of carbonyl (C=O) groups is 4. The fourth-order valence-electron chi connectivity index (χ4n) is 21.4. The van der Waals surface area contributed by atoms with Crippen LogP contribution in [0, 0.1) is 23.3 Å². The van der Waals surface area contributed by atoms with E-state index in [9.17, 15) is 70.4 Å². The second kappa shape index (κ2) is 40.0.